The van der Waals surface area contributed by atoms with E-state index in [1.165, 1.54) is 12.8 Å². The Hall–Kier alpha value is 0. The van der Waals surface area contributed by atoms with Crippen molar-refractivity contribution in [3.05, 3.63) is 0 Å². The number of rotatable bonds is 3. The quantitative estimate of drug-likeness (QED) is 0.626. The molecule has 2 bridgehead atoms. The fourth-order valence-corrected chi connectivity index (χ4v) is 3.82. The topological polar surface area (TPSA) is 0 Å². The summed E-state index contributed by atoms with van der Waals surface area (Å²) in [5.74, 6) is 6.24. The van der Waals surface area contributed by atoms with Gasteiger partial charge in [0, 0.05) is 0 Å². The summed E-state index contributed by atoms with van der Waals surface area (Å²) in [7, 11) is 0. The molecular formula is C14H26. The maximum Gasteiger partial charge on any atom is -0.0355 e. The number of hydrogen-bond donors (Lipinski definition) is 0. The van der Waals surface area contributed by atoms with Gasteiger partial charge in [0.25, 0.3) is 0 Å². The molecule has 14 heavy (non-hydrogen) atoms. The maximum absolute atomic E-state index is 2.52. The van der Waals surface area contributed by atoms with Crippen molar-refractivity contribution in [3.8, 4) is 0 Å². The van der Waals surface area contributed by atoms with Crippen molar-refractivity contribution in [3.63, 3.8) is 0 Å². The van der Waals surface area contributed by atoms with Crippen molar-refractivity contribution in [2.75, 3.05) is 0 Å². The Kier molecular flexibility index (Phi) is 2.91. The van der Waals surface area contributed by atoms with Crippen molar-refractivity contribution < 1.29 is 0 Å². The van der Waals surface area contributed by atoms with Crippen LogP contribution in [0.5, 0.6) is 0 Å². The van der Waals surface area contributed by atoms with Crippen LogP contribution in [0, 0.1) is 35.5 Å². The Bertz CT molecular complexity index is 194. The molecule has 5 atom stereocenters. The average molecular weight is 194 g/mol. The summed E-state index contributed by atoms with van der Waals surface area (Å²) < 4.78 is 0. The Labute approximate surface area is 89.5 Å². The molecule has 3 aliphatic carbocycles. The smallest absolute Gasteiger partial charge is 0.0355 e. The first kappa shape index (κ1) is 10.5. The van der Waals surface area contributed by atoms with Gasteiger partial charge in [-0.15, -0.1) is 0 Å². The third kappa shape index (κ3) is 1.73. The summed E-state index contributed by atoms with van der Waals surface area (Å²) in [5.41, 5.74) is 0. The zero-order valence-corrected chi connectivity index (χ0v) is 10.3. The lowest BCUT2D eigenvalue weighted by atomic mass is 9.50. The van der Waals surface area contributed by atoms with Crippen LogP contribution in [-0.2, 0) is 0 Å². The average Bonchev–Trinajstić information content (AvgIpc) is 2.14. The van der Waals surface area contributed by atoms with Gasteiger partial charge < -0.3 is 0 Å². The Morgan fingerprint density at radius 1 is 1.07 bits per heavy atom. The highest BCUT2D eigenvalue weighted by Gasteiger charge is 2.48. The molecule has 0 spiro atoms. The minimum atomic E-state index is 0.901. The van der Waals surface area contributed by atoms with E-state index in [1.54, 1.807) is 12.8 Å². The summed E-state index contributed by atoms with van der Waals surface area (Å²) in [4.78, 5) is 0. The van der Waals surface area contributed by atoms with Gasteiger partial charge in [-0.25, -0.2) is 0 Å². The standard InChI is InChI=1S/C14H26/c1-9(2)5-6-12-7-13-8-14(10(12)3)11(13)4/h9-14H,5-8H2,1-4H3. The van der Waals surface area contributed by atoms with Crippen LogP contribution in [0.2, 0.25) is 0 Å². The summed E-state index contributed by atoms with van der Waals surface area (Å²) in [6.45, 7) is 9.71. The second kappa shape index (κ2) is 3.87. The first-order valence-electron chi connectivity index (χ1n) is 6.59. The molecular weight excluding hydrogens is 168 g/mol. The fourth-order valence-electron chi connectivity index (χ4n) is 3.82. The van der Waals surface area contributed by atoms with Gasteiger partial charge in [0.1, 0.15) is 0 Å². The second-order valence-electron chi connectivity index (χ2n) is 6.34. The van der Waals surface area contributed by atoms with E-state index in [0.29, 0.717) is 0 Å². The first-order valence-corrected chi connectivity index (χ1v) is 6.59. The van der Waals surface area contributed by atoms with Gasteiger partial charge in [-0.05, 0) is 54.8 Å². The number of fused-ring (bicyclic) bond motifs is 2. The van der Waals surface area contributed by atoms with E-state index < -0.39 is 0 Å². The maximum atomic E-state index is 2.52. The van der Waals surface area contributed by atoms with E-state index in [4.69, 9.17) is 0 Å². The van der Waals surface area contributed by atoms with E-state index in [2.05, 4.69) is 27.7 Å². The lowest BCUT2D eigenvalue weighted by molar-refractivity contribution is -0.0593. The second-order valence-corrected chi connectivity index (χ2v) is 6.34. The zero-order valence-electron chi connectivity index (χ0n) is 10.3. The molecule has 0 amide bonds. The molecule has 0 N–H and O–H groups in total. The van der Waals surface area contributed by atoms with E-state index >= 15 is 0 Å². The Balaban J connectivity index is 1.84. The Morgan fingerprint density at radius 2 is 1.79 bits per heavy atom. The minimum Gasteiger partial charge on any atom is -0.0628 e. The van der Waals surface area contributed by atoms with Gasteiger partial charge >= 0.3 is 0 Å². The molecule has 0 heteroatoms. The van der Waals surface area contributed by atoms with Crippen molar-refractivity contribution in [2.45, 2.75) is 53.4 Å². The van der Waals surface area contributed by atoms with Crippen LogP contribution in [0.15, 0.2) is 0 Å². The molecule has 0 aromatic heterocycles. The van der Waals surface area contributed by atoms with Crippen molar-refractivity contribution >= 4 is 0 Å². The molecule has 0 saturated heterocycles. The zero-order chi connectivity index (χ0) is 10.3. The van der Waals surface area contributed by atoms with Crippen molar-refractivity contribution in [2.24, 2.45) is 35.5 Å². The van der Waals surface area contributed by atoms with Gasteiger partial charge in [-0.1, -0.05) is 34.1 Å². The summed E-state index contributed by atoms with van der Waals surface area (Å²) in [5, 5.41) is 0. The molecule has 3 aliphatic rings. The normalized spacial score (nSPS) is 46.5. The molecule has 0 radical (unpaired) electrons. The summed E-state index contributed by atoms with van der Waals surface area (Å²) >= 11 is 0. The van der Waals surface area contributed by atoms with Crippen LogP contribution >= 0.6 is 0 Å². The van der Waals surface area contributed by atoms with Crippen LogP contribution in [0.3, 0.4) is 0 Å². The third-order valence-electron chi connectivity index (χ3n) is 5.13. The fraction of sp³-hybridized carbons (Fsp3) is 1.00. The van der Waals surface area contributed by atoms with Crippen LogP contribution < -0.4 is 0 Å². The van der Waals surface area contributed by atoms with Crippen LogP contribution in [-0.4, -0.2) is 0 Å². The molecule has 0 heterocycles. The third-order valence-corrected chi connectivity index (χ3v) is 5.13. The minimum absolute atomic E-state index is 0.901. The van der Waals surface area contributed by atoms with Crippen LogP contribution in [0.1, 0.15) is 53.4 Å². The molecule has 0 aromatic rings. The van der Waals surface area contributed by atoms with E-state index in [9.17, 15) is 0 Å². The highest BCUT2D eigenvalue weighted by molar-refractivity contribution is 4.97. The molecule has 82 valence electrons. The largest absolute Gasteiger partial charge is 0.0628 e. The van der Waals surface area contributed by atoms with Gasteiger partial charge in [0.15, 0.2) is 0 Å². The summed E-state index contributed by atoms with van der Waals surface area (Å²) in [6.07, 6.45) is 6.05. The molecule has 0 aliphatic heterocycles. The SMILES string of the molecule is CC(C)CCC1CC2CC(C1C)C2C. The molecule has 3 fully saturated rings. The van der Waals surface area contributed by atoms with Crippen molar-refractivity contribution in [1.82, 2.24) is 0 Å². The van der Waals surface area contributed by atoms with Gasteiger partial charge in [0.05, 0.1) is 0 Å². The van der Waals surface area contributed by atoms with E-state index in [1.807, 2.05) is 0 Å². The first-order chi connectivity index (χ1) is 6.59. The van der Waals surface area contributed by atoms with Crippen LogP contribution in [0.25, 0.3) is 0 Å². The van der Waals surface area contributed by atoms with Gasteiger partial charge in [-0.2, -0.15) is 0 Å². The van der Waals surface area contributed by atoms with Crippen LogP contribution in [0.4, 0.5) is 0 Å². The molecule has 0 aromatic carbocycles. The predicted octanol–water partition coefficient (Wildman–Crippen LogP) is 4.35. The lowest BCUT2D eigenvalue weighted by Gasteiger charge is -2.55. The monoisotopic (exact) mass is 194 g/mol. The van der Waals surface area contributed by atoms with Gasteiger partial charge in [0.2, 0.25) is 0 Å². The Morgan fingerprint density at radius 3 is 2.29 bits per heavy atom. The van der Waals surface area contributed by atoms with Gasteiger partial charge in [-0.3, -0.25) is 0 Å². The molecule has 5 unspecified atom stereocenters. The predicted molar refractivity (Wildman–Crippen MR) is 62.1 cm³/mol. The highest BCUT2D eigenvalue weighted by Crippen LogP contribution is 2.56. The van der Waals surface area contributed by atoms with E-state index in [0.717, 1.165) is 35.5 Å². The van der Waals surface area contributed by atoms with E-state index in [-0.39, 0.29) is 0 Å². The molecule has 3 rings (SSSR count). The molecule has 3 saturated carbocycles. The molecule has 0 nitrogen and oxygen atoms in total. The number of hydrogen-bond acceptors (Lipinski definition) is 0. The van der Waals surface area contributed by atoms with Crippen molar-refractivity contribution in [1.29, 1.82) is 0 Å². The lowest BCUT2D eigenvalue weighted by Crippen LogP contribution is -2.47. The summed E-state index contributed by atoms with van der Waals surface area (Å²) in [6, 6.07) is 0. The highest BCUT2D eigenvalue weighted by atomic mass is 14.5.